The van der Waals surface area contributed by atoms with E-state index in [1.807, 2.05) is 16.8 Å². The highest BCUT2D eigenvalue weighted by atomic mass is 16.4. The Morgan fingerprint density at radius 3 is 3.23 bits per heavy atom. The van der Waals surface area contributed by atoms with Crippen LogP contribution in [0.15, 0.2) is 30.2 Å². The third-order valence-corrected chi connectivity index (χ3v) is 1.73. The molecule has 1 heterocycles. The summed E-state index contributed by atoms with van der Waals surface area (Å²) in [6.07, 6.45) is 8.76. The number of oxime groups is 1. The van der Waals surface area contributed by atoms with Gasteiger partial charge in [-0.3, -0.25) is 0 Å². The molecule has 0 aliphatic carbocycles. The Kier molecular flexibility index (Phi) is 3.75. The molecule has 0 atom stereocenters. The van der Waals surface area contributed by atoms with Crippen molar-refractivity contribution in [3.8, 4) is 0 Å². The molecule has 70 valence electrons. The van der Waals surface area contributed by atoms with Gasteiger partial charge in [0, 0.05) is 18.9 Å². The third-order valence-electron chi connectivity index (χ3n) is 1.73. The van der Waals surface area contributed by atoms with Crippen molar-refractivity contribution < 1.29 is 5.21 Å². The number of hydrogen-bond acceptors (Lipinski definition) is 3. The van der Waals surface area contributed by atoms with Gasteiger partial charge in [0.1, 0.15) is 6.21 Å². The maximum Gasteiger partial charge on any atom is 0.154 e. The molecule has 0 fully saturated rings. The summed E-state index contributed by atoms with van der Waals surface area (Å²) < 4.78 is 1.93. The average Bonchev–Trinajstić information content (AvgIpc) is 2.54. The van der Waals surface area contributed by atoms with Gasteiger partial charge in [-0.2, -0.15) is 0 Å². The van der Waals surface area contributed by atoms with Gasteiger partial charge in [-0.25, -0.2) is 4.98 Å². The zero-order chi connectivity index (χ0) is 9.52. The van der Waals surface area contributed by atoms with Crippen LogP contribution < -0.4 is 0 Å². The number of aryl methyl sites for hydroxylation is 1. The highest BCUT2D eigenvalue weighted by Gasteiger charge is 1.97. The summed E-state index contributed by atoms with van der Waals surface area (Å²) in [6.45, 7) is 4.52. The highest BCUT2D eigenvalue weighted by molar-refractivity contribution is 5.74. The molecule has 0 aliphatic heterocycles. The molecule has 0 bridgehead atoms. The van der Waals surface area contributed by atoms with Gasteiger partial charge in [-0.05, 0) is 12.8 Å². The van der Waals surface area contributed by atoms with E-state index in [1.54, 1.807) is 6.20 Å². The quantitative estimate of drug-likeness (QED) is 0.246. The molecule has 4 heteroatoms. The maximum atomic E-state index is 8.33. The second-order valence-electron chi connectivity index (χ2n) is 2.65. The topological polar surface area (TPSA) is 50.4 Å². The van der Waals surface area contributed by atoms with Crippen molar-refractivity contribution in [1.82, 2.24) is 9.55 Å². The first-order valence-electron chi connectivity index (χ1n) is 4.18. The molecule has 1 N–H and O–H groups in total. The Hall–Kier alpha value is -1.58. The van der Waals surface area contributed by atoms with Crippen molar-refractivity contribution in [2.45, 2.75) is 19.4 Å². The van der Waals surface area contributed by atoms with Crippen LogP contribution >= 0.6 is 0 Å². The van der Waals surface area contributed by atoms with Crippen molar-refractivity contribution in [3.05, 3.63) is 30.9 Å². The number of hydrogen-bond donors (Lipinski definition) is 1. The monoisotopic (exact) mass is 179 g/mol. The fraction of sp³-hybridized carbons (Fsp3) is 0.333. The molecule has 4 nitrogen and oxygen atoms in total. The number of nitrogens with zero attached hydrogens (tertiary/aromatic N) is 3. The molecule has 0 saturated heterocycles. The maximum absolute atomic E-state index is 8.33. The van der Waals surface area contributed by atoms with E-state index in [4.69, 9.17) is 5.21 Å². The molecule has 0 saturated carbocycles. The average molecular weight is 179 g/mol. The standard InChI is InChI=1S/C9H13N3O/c1-2-3-4-6-12-7-5-10-9(12)8-11-13/h2,5,7-8,13H,1,3-4,6H2/b11-8+. The van der Waals surface area contributed by atoms with Gasteiger partial charge in [-0.15, -0.1) is 6.58 Å². The lowest BCUT2D eigenvalue weighted by molar-refractivity contribution is 0.321. The van der Waals surface area contributed by atoms with Crippen molar-refractivity contribution >= 4 is 6.21 Å². The summed E-state index contributed by atoms with van der Waals surface area (Å²) >= 11 is 0. The van der Waals surface area contributed by atoms with E-state index in [9.17, 15) is 0 Å². The fourth-order valence-electron chi connectivity index (χ4n) is 1.09. The van der Waals surface area contributed by atoms with E-state index < -0.39 is 0 Å². The number of imidazole rings is 1. The zero-order valence-electron chi connectivity index (χ0n) is 7.43. The molecule has 1 aromatic heterocycles. The van der Waals surface area contributed by atoms with Crippen LogP contribution in [0.5, 0.6) is 0 Å². The number of aromatic nitrogens is 2. The van der Waals surface area contributed by atoms with E-state index in [1.165, 1.54) is 6.21 Å². The van der Waals surface area contributed by atoms with Crippen LogP contribution in [-0.2, 0) is 6.54 Å². The smallest absolute Gasteiger partial charge is 0.154 e. The third kappa shape index (κ3) is 2.74. The summed E-state index contributed by atoms with van der Waals surface area (Å²) in [7, 11) is 0. The Labute approximate surface area is 77.2 Å². The van der Waals surface area contributed by atoms with E-state index >= 15 is 0 Å². The zero-order valence-corrected chi connectivity index (χ0v) is 7.43. The molecule has 0 radical (unpaired) electrons. The first-order chi connectivity index (χ1) is 6.38. The second-order valence-corrected chi connectivity index (χ2v) is 2.65. The minimum Gasteiger partial charge on any atom is -0.411 e. The largest absolute Gasteiger partial charge is 0.411 e. The SMILES string of the molecule is C=CCCCn1ccnc1/C=N/O. The first-order valence-corrected chi connectivity index (χ1v) is 4.18. The van der Waals surface area contributed by atoms with Crippen molar-refractivity contribution in [2.75, 3.05) is 0 Å². The van der Waals surface area contributed by atoms with Crippen molar-refractivity contribution in [3.63, 3.8) is 0 Å². The van der Waals surface area contributed by atoms with Gasteiger partial charge in [0.15, 0.2) is 5.82 Å². The minimum absolute atomic E-state index is 0.673. The Morgan fingerprint density at radius 1 is 1.69 bits per heavy atom. The summed E-state index contributed by atoms with van der Waals surface area (Å²) in [4.78, 5) is 4.01. The van der Waals surface area contributed by atoms with E-state index in [0.717, 1.165) is 19.4 Å². The predicted octanol–water partition coefficient (Wildman–Crippen LogP) is 1.66. The molecular weight excluding hydrogens is 166 g/mol. The molecule has 0 aliphatic rings. The number of allylic oxidation sites excluding steroid dienone is 1. The number of unbranched alkanes of at least 4 members (excludes halogenated alkanes) is 1. The lowest BCUT2D eigenvalue weighted by atomic mass is 10.3. The van der Waals surface area contributed by atoms with Crippen LogP contribution in [0.25, 0.3) is 0 Å². The van der Waals surface area contributed by atoms with Gasteiger partial charge < -0.3 is 9.77 Å². The summed E-state index contributed by atoms with van der Waals surface area (Å²) in [5.74, 6) is 0.673. The van der Waals surface area contributed by atoms with Gasteiger partial charge in [0.25, 0.3) is 0 Å². The molecule has 0 spiro atoms. The van der Waals surface area contributed by atoms with E-state index in [2.05, 4.69) is 16.7 Å². The molecule has 0 unspecified atom stereocenters. The lowest BCUT2D eigenvalue weighted by Gasteiger charge is -2.01. The van der Waals surface area contributed by atoms with Crippen LogP contribution in [0.2, 0.25) is 0 Å². The van der Waals surface area contributed by atoms with Crippen LogP contribution in [-0.4, -0.2) is 21.0 Å². The van der Waals surface area contributed by atoms with Gasteiger partial charge >= 0.3 is 0 Å². The van der Waals surface area contributed by atoms with Crippen LogP contribution in [0.1, 0.15) is 18.7 Å². The van der Waals surface area contributed by atoms with Gasteiger partial charge in [0.2, 0.25) is 0 Å². The normalized spacial score (nSPS) is 10.8. The lowest BCUT2D eigenvalue weighted by Crippen LogP contribution is -2.02. The number of rotatable bonds is 5. The van der Waals surface area contributed by atoms with Crippen LogP contribution in [0, 0.1) is 0 Å². The molecule has 0 amide bonds. The van der Waals surface area contributed by atoms with Gasteiger partial charge in [0.05, 0.1) is 0 Å². The van der Waals surface area contributed by atoms with Crippen molar-refractivity contribution in [2.24, 2.45) is 5.16 Å². The van der Waals surface area contributed by atoms with Crippen LogP contribution in [0.4, 0.5) is 0 Å². The Morgan fingerprint density at radius 2 is 2.54 bits per heavy atom. The summed E-state index contributed by atoms with van der Waals surface area (Å²) in [5, 5.41) is 11.3. The minimum atomic E-state index is 0.673. The van der Waals surface area contributed by atoms with E-state index in [-0.39, 0.29) is 0 Å². The molecule has 1 aromatic rings. The highest BCUT2D eigenvalue weighted by Crippen LogP contribution is 1.99. The molecule has 1 rings (SSSR count). The molecule has 13 heavy (non-hydrogen) atoms. The first kappa shape index (κ1) is 9.51. The summed E-state index contributed by atoms with van der Waals surface area (Å²) in [5.41, 5.74) is 0. The predicted molar refractivity (Wildman–Crippen MR) is 51.0 cm³/mol. The Bertz CT molecular complexity index is 291. The summed E-state index contributed by atoms with van der Waals surface area (Å²) in [6, 6.07) is 0. The second kappa shape index (κ2) is 5.13. The fourth-order valence-corrected chi connectivity index (χ4v) is 1.09. The van der Waals surface area contributed by atoms with E-state index in [0.29, 0.717) is 5.82 Å². The van der Waals surface area contributed by atoms with Gasteiger partial charge in [-0.1, -0.05) is 11.2 Å². The van der Waals surface area contributed by atoms with Crippen LogP contribution in [0.3, 0.4) is 0 Å². The Balaban J connectivity index is 2.54. The molecular formula is C9H13N3O. The molecule has 0 aromatic carbocycles. The van der Waals surface area contributed by atoms with Crippen molar-refractivity contribution in [1.29, 1.82) is 0 Å².